The summed E-state index contributed by atoms with van der Waals surface area (Å²) in [5.41, 5.74) is 1.85. The van der Waals surface area contributed by atoms with Gasteiger partial charge in [-0.3, -0.25) is 28.8 Å². The number of hydrogen-bond acceptors (Lipinski definition) is 9. The number of phenolic OH excluding ortho intramolecular Hbond substituents is 2. The lowest BCUT2D eigenvalue weighted by atomic mass is 9.94. The van der Waals surface area contributed by atoms with Gasteiger partial charge < -0.3 is 25.3 Å². The molecule has 4 heterocycles. The van der Waals surface area contributed by atoms with Gasteiger partial charge in [-0.25, -0.2) is 0 Å². The number of nitrogens with one attached hydrogen (secondary N) is 1. The second kappa shape index (κ2) is 14.9. The lowest BCUT2D eigenvalue weighted by Crippen LogP contribution is -2.55. The fraction of sp³-hybridized carbons (Fsp3) is 0.514. The Balaban J connectivity index is 1.08. The maximum absolute atomic E-state index is 13.4. The van der Waals surface area contributed by atoms with E-state index in [2.05, 4.69) is 20.0 Å². The number of aromatic nitrogens is 3. The van der Waals surface area contributed by atoms with Crippen LogP contribution < -0.4 is 5.32 Å². The number of aromatic hydroxyl groups is 2. The molecule has 0 radical (unpaired) electrons. The number of carbonyl (C=O) groups is 3. The molecule has 0 saturated carbocycles. The second-order valence-corrected chi connectivity index (χ2v) is 13.6. The van der Waals surface area contributed by atoms with Gasteiger partial charge in [0.1, 0.15) is 18.0 Å². The summed E-state index contributed by atoms with van der Waals surface area (Å²) in [6.45, 7) is 5.27. The average molecular weight is 713 g/mol. The van der Waals surface area contributed by atoms with Crippen molar-refractivity contribution in [1.82, 2.24) is 39.7 Å². The first-order chi connectivity index (χ1) is 24.3. The topological polar surface area (TPSA) is 147 Å². The molecule has 3 fully saturated rings. The lowest BCUT2D eigenvalue weighted by Gasteiger charge is -2.39. The molecule has 0 aliphatic carbocycles. The fourth-order valence-corrected chi connectivity index (χ4v) is 7.16. The zero-order valence-corrected chi connectivity index (χ0v) is 28.7. The van der Waals surface area contributed by atoms with E-state index in [9.17, 15) is 37.8 Å². The first kappa shape index (κ1) is 36.1. The highest BCUT2D eigenvalue weighted by molar-refractivity contribution is 5.92. The van der Waals surface area contributed by atoms with Crippen molar-refractivity contribution < 1.29 is 37.8 Å². The molecular formula is C35H43F3N8O5. The SMILES string of the molecule is Cc1cc(-c2nnc(C(=O)NCC(F)(F)F)n2-c2ccc(CN3CCC(C(=O)N4CCN(C(=O)[C@H]5CCCN5C)CC4)CC3)cc2)c(O)cc1O. The Bertz CT molecular complexity index is 1750. The number of hydrogen-bond donors (Lipinski definition) is 3. The molecule has 1 aromatic heterocycles. The zero-order valence-electron chi connectivity index (χ0n) is 28.7. The molecule has 274 valence electrons. The quantitative estimate of drug-likeness (QED) is 0.321. The van der Waals surface area contributed by atoms with E-state index in [-0.39, 0.29) is 46.7 Å². The molecule has 0 spiro atoms. The van der Waals surface area contributed by atoms with Crippen molar-refractivity contribution >= 4 is 17.7 Å². The van der Waals surface area contributed by atoms with Gasteiger partial charge in [-0.1, -0.05) is 12.1 Å². The van der Waals surface area contributed by atoms with E-state index in [0.29, 0.717) is 44.0 Å². The number of alkyl halides is 3. The fourth-order valence-electron chi connectivity index (χ4n) is 7.16. The van der Waals surface area contributed by atoms with Gasteiger partial charge in [0.2, 0.25) is 17.6 Å². The molecule has 0 bridgehead atoms. The third kappa shape index (κ3) is 8.12. The summed E-state index contributed by atoms with van der Waals surface area (Å²) in [6.07, 6.45) is -1.27. The van der Waals surface area contributed by atoms with Gasteiger partial charge in [0.25, 0.3) is 5.91 Å². The van der Waals surface area contributed by atoms with Crippen molar-refractivity contribution in [3.63, 3.8) is 0 Å². The van der Waals surface area contributed by atoms with Crippen LogP contribution in [0, 0.1) is 12.8 Å². The predicted molar refractivity (Wildman–Crippen MR) is 180 cm³/mol. The summed E-state index contributed by atoms with van der Waals surface area (Å²) in [4.78, 5) is 47.4. The minimum absolute atomic E-state index is 0.00155. The van der Waals surface area contributed by atoms with Gasteiger partial charge >= 0.3 is 6.18 Å². The normalized spacial score (nSPS) is 19.4. The van der Waals surface area contributed by atoms with Gasteiger partial charge in [-0.05, 0) is 88.6 Å². The number of rotatable bonds is 8. The minimum Gasteiger partial charge on any atom is -0.508 e. The summed E-state index contributed by atoms with van der Waals surface area (Å²) in [6, 6.07) is 9.57. The molecule has 3 saturated heterocycles. The first-order valence-electron chi connectivity index (χ1n) is 17.2. The van der Waals surface area contributed by atoms with Crippen LogP contribution in [-0.2, 0) is 16.1 Å². The number of phenols is 2. The van der Waals surface area contributed by atoms with Crippen LogP contribution in [0.2, 0.25) is 0 Å². The molecule has 13 nitrogen and oxygen atoms in total. The smallest absolute Gasteiger partial charge is 0.405 e. The number of benzene rings is 2. The Hall–Kier alpha value is -4.70. The lowest BCUT2D eigenvalue weighted by molar-refractivity contribution is -0.145. The molecule has 3 amide bonds. The number of halogens is 3. The van der Waals surface area contributed by atoms with E-state index in [0.717, 1.165) is 56.9 Å². The van der Waals surface area contributed by atoms with E-state index in [4.69, 9.17) is 0 Å². The number of aryl methyl sites for hydroxylation is 1. The van der Waals surface area contributed by atoms with Crippen molar-refractivity contribution in [2.45, 2.75) is 51.4 Å². The second-order valence-electron chi connectivity index (χ2n) is 13.6. The van der Waals surface area contributed by atoms with Crippen molar-refractivity contribution in [1.29, 1.82) is 0 Å². The molecule has 16 heteroatoms. The molecule has 3 N–H and O–H groups in total. The summed E-state index contributed by atoms with van der Waals surface area (Å²) in [5.74, 6) is -1.77. The number of piperidine rings is 1. The first-order valence-corrected chi connectivity index (χ1v) is 17.2. The van der Waals surface area contributed by atoms with Crippen molar-refractivity contribution in [3.05, 3.63) is 53.3 Å². The molecule has 6 rings (SSSR count). The number of piperazine rings is 1. The molecule has 3 aliphatic heterocycles. The minimum atomic E-state index is -4.64. The van der Waals surface area contributed by atoms with Crippen molar-refractivity contribution in [3.8, 4) is 28.6 Å². The summed E-state index contributed by atoms with van der Waals surface area (Å²) < 4.78 is 39.9. The highest BCUT2D eigenvalue weighted by Gasteiger charge is 2.36. The monoisotopic (exact) mass is 712 g/mol. The van der Waals surface area contributed by atoms with Gasteiger partial charge in [0, 0.05) is 50.4 Å². The Morgan fingerprint density at radius 1 is 0.863 bits per heavy atom. The van der Waals surface area contributed by atoms with Gasteiger partial charge in [0.15, 0.2) is 5.82 Å². The molecular weight excluding hydrogens is 669 g/mol. The van der Waals surface area contributed by atoms with Crippen LogP contribution in [0.4, 0.5) is 13.2 Å². The van der Waals surface area contributed by atoms with Gasteiger partial charge in [0.05, 0.1) is 11.6 Å². The number of likely N-dealkylation sites (tertiary alicyclic amines) is 2. The van der Waals surface area contributed by atoms with Gasteiger partial charge in [-0.2, -0.15) is 13.2 Å². The third-order valence-corrected chi connectivity index (χ3v) is 10.1. The molecule has 1 atom stereocenters. The Kier molecular flexibility index (Phi) is 10.5. The van der Waals surface area contributed by atoms with E-state index in [1.54, 1.807) is 19.1 Å². The van der Waals surface area contributed by atoms with Crippen molar-refractivity contribution in [2.24, 2.45) is 5.92 Å². The Labute approximate surface area is 293 Å². The third-order valence-electron chi connectivity index (χ3n) is 10.1. The maximum atomic E-state index is 13.4. The molecule has 3 aromatic rings. The average Bonchev–Trinajstić information content (AvgIpc) is 3.75. The summed E-state index contributed by atoms with van der Waals surface area (Å²) >= 11 is 0. The maximum Gasteiger partial charge on any atom is 0.405 e. The van der Waals surface area contributed by atoms with Crippen LogP contribution in [0.25, 0.3) is 17.1 Å². The molecule has 0 unspecified atom stereocenters. The Morgan fingerprint density at radius 2 is 1.51 bits per heavy atom. The zero-order chi connectivity index (χ0) is 36.4. The molecule has 2 aromatic carbocycles. The number of carbonyl (C=O) groups excluding carboxylic acids is 3. The van der Waals surface area contributed by atoms with E-state index in [1.165, 1.54) is 10.6 Å². The highest BCUT2D eigenvalue weighted by atomic mass is 19.4. The summed E-state index contributed by atoms with van der Waals surface area (Å²) in [7, 11) is 1.99. The highest BCUT2D eigenvalue weighted by Crippen LogP contribution is 2.35. The molecule has 51 heavy (non-hydrogen) atoms. The predicted octanol–water partition coefficient (Wildman–Crippen LogP) is 2.92. The van der Waals surface area contributed by atoms with Crippen LogP contribution in [0.1, 0.15) is 47.4 Å². The van der Waals surface area contributed by atoms with Crippen LogP contribution in [0.3, 0.4) is 0 Å². The van der Waals surface area contributed by atoms with E-state index in [1.807, 2.05) is 34.3 Å². The number of nitrogens with zero attached hydrogens (tertiary/aromatic N) is 7. The van der Waals surface area contributed by atoms with Crippen LogP contribution in [-0.4, -0.2) is 134 Å². The number of likely N-dealkylation sites (N-methyl/N-ethyl adjacent to an activating group) is 1. The Morgan fingerprint density at radius 3 is 2.12 bits per heavy atom. The largest absolute Gasteiger partial charge is 0.508 e. The van der Waals surface area contributed by atoms with Crippen molar-refractivity contribution in [2.75, 3.05) is 59.4 Å². The van der Waals surface area contributed by atoms with E-state index < -0.39 is 24.5 Å². The van der Waals surface area contributed by atoms with Crippen LogP contribution >= 0.6 is 0 Å². The van der Waals surface area contributed by atoms with Crippen LogP contribution in [0.15, 0.2) is 36.4 Å². The summed E-state index contributed by atoms with van der Waals surface area (Å²) in [5, 5.41) is 30.3. The molecule has 3 aliphatic rings. The van der Waals surface area contributed by atoms with E-state index >= 15 is 0 Å². The standard InChI is InChI=1S/C35H43F3N8O5/c1-22-18-26(29(48)19-28(22)47)30-40-41-31(32(49)39-21-35(36,37)38)46(30)25-7-5-23(6-8-25)20-43-12-9-24(10-13-43)33(50)44-14-16-45(17-15-44)34(51)27-4-3-11-42(27)2/h5-8,18-19,24,27,47-48H,3-4,9-17,20-21H2,1-2H3,(H,39,49)/t27-/m1/s1. The van der Waals surface area contributed by atoms with Crippen LogP contribution in [0.5, 0.6) is 11.5 Å². The van der Waals surface area contributed by atoms with Gasteiger partial charge in [-0.15, -0.1) is 10.2 Å². The number of amides is 3.